The van der Waals surface area contributed by atoms with E-state index in [-0.39, 0.29) is 5.75 Å². The standard InChI is InChI=1S/C17H11Br2ClN2O/c18-17(19)10-13-9-16(11-1-3-12(20)4-2-11)22(21-13)14-5-7-15(23)8-6-14/h1-10,23H. The van der Waals surface area contributed by atoms with Gasteiger partial charge in [0.1, 0.15) is 5.75 Å². The Bertz CT molecular complexity index is 788. The van der Waals surface area contributed by atoms with Crippen LogP contribution in [0.3, 0.4) is 0 Å². The summed E-state index contributed by atoms with van der Waals surface area (Å²) in [6.45, 7) is 0. The highest BCUT2D eigenvalue weighted by atomic mass is 79.9. The zero-order valence-corrected chi connectivity index (χ0v) is 15.7. The summed E-state index contributed by atoms with van der Waals surface area (Å²) in [6, 6.07) is 16.5. The van der Waals surface area contributed by atoms with E-state index in [2.05, 4.69) is 37.0 Å². The minimum atomic E-state index is 0.220. The lowest BCUT2D eigenvalue weighted by Gasteiger charge is -2.07. The molecule has 3 nitrogen and oxygen atoms in total. The van der Waals surface area contributed by atoms with E-state index < -0.39 is 0 Å². The molecule has 2 aromatic carbocycles. The lowest BCUT2D eigenvalue weighted by atomic mass is 10.1. The molecule has 3 aromatic rings. The van der Waals surface area contributed by atoms with E-state index in [1.54, 1.807) is 12.1 Å². The number of halogens is 3. The highest BCUT2D eigenvalue weighted by Crippen LogP contribution is 2.28. The van der Waals surface area contributed by atoms with Crippen molar-refractivity contribution in [1.82, 2.24) is 9.78 Å². The number of aromatic hydroxyl groups is 1. The summed E-state index contributed by atoms with van der Waals surface area (Å²) >= 11 is 12.7. The van der Waals surface area contributed by atoms with Crippen LogP contribution in [0, 0.1) is 0 Å². The van der Waals surface area contributed by atoms with Gasteiger partial charge in [-0.1, -0.05) is 23.7 Å². The topological polar surface area (TPSA) is 38.0 Å². The van der Waals surface area contributed by atoms with Gasteiger partial charge in [-0.25, -0.2) is 4.68 Å². The molecule has 0 radical (unpaired) electrons. The summed E-state index contributed by atoms with van der Waals surface area (Å²) in [6.07, 6.45) is 1.87. The maximum atomic E-state index is 9.48. The van der Waals surface area contributed by atoms with Gasteiger partial charge >= 0.3 is 0 Å². The van der Waals surface area contributed by atoms with Gasteiger partial charge in [-0.3, -0.25) is 0 Å². The van der Waals surface area contributed by atoms with E-state index in [1.165, 1.54) is 0 Å². The molecule has 1 heterocycles. The lowest BCUT2D eigenvalue weighted by Crippen LogP contribution is -1.98. The molecule has 23 heavy (non-hydrogen) atoms. The molecular formula is C17H11Br2ClN2O. The number of rotatable bonds is 3. The first-order valence-electron chi connectivity index (χ1n) is 6.71. The molecule has 0 aliphatic carbocycles. The Morgan fingerprint density at radius 3 is 2.30 bits per heavy atom. The van der Waals surface area contributed by atoms with Gasteiger partial charge in [-0.05, 0) is 80.4 Å². The van der Waals surface area contributed by atoms with E-state index in [0.717, 1.165) is 26.0 Å². The van der Waals surface area contributed by atoms with Gasteiger partial charge < -0.3 is 5.11 Å². The average Bonchev–Trinajstić information content (AvgIpc) is 2.91. The number of aromatic nitrogens is 2. The first kappa shape index (κ1) is 16.3. The molecule has 0 spiro atoms. The van der Waals surface area contributed by atoms with Crippen molar-refractivity contribution in [3.8, 4) is 22.7 Å². The molecular weight excluding hydrogens is 443 g/mol. The zero-order valence-electron chi connectivity index (χ0n) is 11.7. The second kappa shape index (κ2) is 6.91. The monoisotopic (exact) mass is 452 g/mol. The summed E-state index contributed by atoms with van der Waals surface area (Å²) in [5, 5.41) is 14.8. The van der Waals surface area contributed by atoms with E-state index in [4.69, 9.17) is 11.6 Å². The van der Waals surface area contributed by atoms with E-state index in [9.17, 15) is 5.11 Å². The van der Waals surface area contributed by atoms with E-state index in [0.29, 0.717) is 5.02 Å². The lowest BCUT2D eigenvalue weighted by molar-refractivity contribution is 0.475. The third-order valence-electron chi connectivity index (χ3n) is 3.22. The second-order valence-corrected chi connectivity index (χ2v) is 8.03. The van der Waals surface area contributed by atoms with Crippen molar-refractivity contribution < 1.29 is 5.11 Å². The van der Waals surface area contributed by atoms with Gasteiger partial charge in [0.25, 0.3) is 0 Å². The predicted octanol–water partition coefficient (Wildman–Crippen LogP) is 5.99. The zero-order chi connectivity index (χ0) is 16.4. The highest BCUT2D eigenvalue weighted by Gasteiger charge is 2.11. The highest BCUT2D eigenvalue weighted by molar-refractivity contribution is 9.28. The Kier molecular flexibility index (Phi) is 4.90. The van der Waals surface area contributed by atoms with Crippen LogP contribution in [-0.4, -0.2) is 14.9 Å². The van der Waals surface area contributed by atoms with Gasteiger partial charge in [0, 0.05) is 10.6 Å². The molecule has 1 N–H and O–H groups in total. The molecule has 0 amide bonds. The fourth-order valence-corrected chi connectivity index (χ4v) is 2.79. The quantitative estimate of drug-likeness (QED) is 0.528. The Morgan fingerprint density at radius 1 is 1.04 bits per heavy atom. The van der Waals surface area contributed by atoms with Gasteiger partial charge in [-0.15, -0.1) is 0 Å². The van der Waals surface area contributed by atoms with Crippen molar-refractivity contribution in [3.05, 3.63) is 68.7 Å². The summed E-state index contributed by atoms with van der Waals surface area (Å²) in [5.74, 6) is 0.220. The van der Waals surface area contributed by atoms with Crippen molar-refractivity contribution in [1.29, 1.82) is 0 Å². The number of nitrogens with zero attached hydrogens (tertiary/aromatic N) is 2. The minimum Gasteiger partial charge on any atom is -0.508 e. The number of hydrogen-bond acceptors (Lipinski definition) is 2. The Balaban J connectivity index is 2.16. The van der Waals surface area contributed by atoms with Crippen LogP contribution in [0.25, 0.3) is 23.0 Å². The number of phenolic OH excluding ortho intramolecular Hbond substituents is 1. The van der Waals surface area contributed by atoms with Crippen LogP contribution in [-0.2, 0) is 0 Å². The molecule has 116 valence electrons. The van der Waals surface area contributed by atoms with Crippen LogP contribution in [0.15, 0.2) is 58.0 Å². The molecule has 3 rings (SSSR count). The molecule has 1 aromatic heterocycles. The molecule has 0 bridgehead atoms. The molecule has 0 unspecified atom stereocenters. The first-order chi connectivity index (χ1) is 11.0. The van der Waals surface area contributed by atoms with Gasteiger partial charge in [0.05, 0.1) is 20.5 Å². The fraction of sp³-hybridized carbons (Fsp3) is 0. The summed E-state index contributed by atoms with van der Waals surface area (Å²) in [4.78, 5) is 0. The number of benzene rings is 2. The molecule has 0 aliphatic rings. The minimum absolute atomic E-state index is 0.220. The largest absolute Gasteiger partial charge is 0.508 e. The van der Waals surface area contributed by atoms with Gasteiger partial charge in [0.15, 0.2) is 0 Å². The van der Waals surface area contributed by atoms with E-state index >= 15 is 0 Å². The smallest absolute Gasteiger partial charge is 0.115 e. The normalized spacial score (nSPS) is 10.6. The summed E-state index contributed by atoms with van der Waals surface area (Å²) in [7, 11) is 0. The van der Waals surface area contributed by atoms with Crippen molar-refractivity contribution in [2.45, 2.75) is 0 Å². The fourth-order valence-electron chi connectivity index (χ4n) is 2.20. The summed E-state index contributed by atoms with van der Waals surface area (Å²) < 4.78 is 2.64. The predicted molar refractivity (Wildman–Crippen MR) is 102 cm³/mol. The van der Waals surface area contributed by atoms with Gasteiger partial charge in [-0.2, -0.15) is 5.10 Å². The van der Waals surface area contributed by atoms with Crippen LogP contribution >= 0.6 is 43.5 Å². The van der Waals surface area contributed by atoms with Crippen LogP contribution in [0.1, 0.15) is 5.69 Å². The molecule has 0 saturated heterocycles. The summed E-state index contributed by atoms with van der Waals surface area (Å²) in [5.41, 5.74) is 3.59. The van der Waals surface area contributed by atoms with Crippen LogP contribution < -0.4 is 0 Å². The third-order valence-corrected chi connectivity index (χ3v) is 3.93. The van der Waals surface area contributed by atoms with Crippen LogP contribution in [0.5, 0.6) is 5.75 Å². The molecule has 0 aliphatic heterocycles. The van der Waals surface area contributed by atoms with Crippen molar-refractivity contribution >= 4 is 49.5 Å². The van der Waals surface area contributed by atoms with E-state index in [1.807, 2.05) is 53.2 Å². The van der Waals surface area contributed by atoms with Crippen molar-refractivity contribution in [3.63, 3.8) is 0 Å². The molecule has 0 atom stereocenters. The average molecular weight is 455 g/mol. The second-order valence-electron chi connectivity index (χ2n) is 4.82. The number of phenols is 1. The molecule has 0 saturated carbocycles. The Hall–Kier alpha value is -1.56. The van der Waals surface area contributed by atoms with Crippen molar-refractivity contribution in [2.24, 2.45) is 0 Å². The molecule has 6 heteroatoms. The Labute approximate surface area is 155 Å². The third kappa shape index (κ3) is 3.86. The van der Waals surface area contributed by atoms with Crippen molar-refractivity contribution in [2.75, 3.05) is 0 Å². The first-order valence-corrected chi connectivity index (χ1v) is 8.67. The number of hydrogen-bond donors (Lipinski definition) is 1. The van der Waals surface area contributed by atoms with Crippen LogP contribution in [0.4, 0.5) is 0 Å². The Morgan fingerprint density at radius 2 is 1.70 bits per heavy atom. The maximum absolute atomic E-state index is 9.48. The SMILES string of the molecule is Oc1ccc(-n2nc(C=C(Br)Br)cc2-c2ccc(Cl)cc2)cc1. The maximum Gasteiger partial charge on any atom is 0.115 e. The van der Waals surface area contributed by atoms with Crippen LogP contribution in [0.2, 0.25) is 5.02 Å². The molecule has 0 fully saturated rings. The van der Waals surface area contributed by atoms with Gasteiger partial charge in [0.2, 0.25) is 0 Å².